The molecule has 1 N–H and O–H groups in total. The summed E-state index contributed by atoms with van der Waals surface area (Å²) in [6.07, 6.45) is 7.91. The second-order valence-corrected chi connectivity index (χ2v) is 4.62. The Bertz CT molecular complexity index is 329. The highest BCUT2D eigenvalue weighted by Crippen LogP contribution is 2.15. The van der Waals surface area contributed by atoms with E-state index in [9.17, 15) is 0 Å². The molecule has 0 bridgehead atoms. The highest BCUT2D eigenvalue weighted by atomic mass is 32.2. The van der Waals surface area contributed by atoms with E-state index >= 15 is 0 Å². The summed E-state index contributed by atoms with van der Waals surface area (Å²) in [7, 11) is 0. The molecule has 5 heteroatoms. The maximum absolute atomic E-state index is 5.67. The molecular weight excluding hydrogens is 222 g/mol. The molecule has 0 spiro atoms. The number of rotatable bonds is 5. The van der Waals surface area contributed by atoms with E-state index in [4.69, 9.17) is 4.74 Å². The summed E-state index contributed by atoms with van der Waals surface area (Å²) in [5.41, 5.74) is 0.938. The zero-order chi connectivity index (χ0) is 11.2. The summed E-state index contributed by atoms with van der Waals surface area (Å²) < 4.78 is 5.67. The molecule has 0 aliphatic carbocycles. The van der Waals surface area contributed by atoms with Crippen molar-refractivity contribution in [3.05, 3.63) is 18.1 Å². The first-order chi connectivity index (χ1) is 7.90. The third kappa shape index (κ3) is 3.17. The van der Waals surface area contributed by atoms with Crippen LogP contribution in [0.15, 0.2) is 17.4 Å². The number of thioether (sulfide) groups is 1. The minimum atomic E-state index is 0.523. The first-order valence-corrected chi connectivity index (χ1v) is 6.77. The van der Waals surface area contributed by atoms with E-state index < -0.39 is 0 Å². The van der Waals surface area contributed by atoms with Crippen molar-refractivity contribution in [2.75, 3.05) is 19.4 Å². The Balaban J connectivity index is 1.79. The summed E-state index contributed by atoms with van der Waals surface area (Å²) in [5.74, 6) is 0. The molecule has 1 aromatic heterocycles. The van der Waals surface area contributed by atoms with E-state index in [1.54, 1.807) is 24.2 Å². The van der Waals surface area contributed by atoms with Gasteiger partial charge in [0.2, 0.25) is 0 Å². The molecule has 1 saturated heterocycles. The number of ether oxygens (including phenoxy) is 1. The monoisotopic (exact) mass is 239 g/mol. The van der Waals surface area contributed by atoms with E-state index in [1.807, 2.05) is 6.26 Å². The van der Waals surface area contributed by atoms with Crippen molar-refractivity contribution in [3.63, 3.8) is 0 Å². The van der Waals surface area contributed by atoms with Crippen molar-refractivity contribution >= 4 is 11.8 Å². The minimum absolute atomic E-state index is 0.523. The predicted molar refractivity (Wildman–Crippen MR) is 64.5 cm³/mol. The Morgan fingerprint density at radius 3 is 3.12 bits per heavy atom. The summed E-state index contributed by atoms with van der Waals surface area (Å²) in [6.45, 7) is 2.45. The Kier molecular flexibility index (Phi) is 4.56. The Hall–Kier alpha value is -0.650. The summed E-state index contributed by atoms with van der Waals surface area (Å²) in [4.78, 5) is 8.54. The number of hydrogen-bond donors (Lipinski definition) is 1. The third-order valence-corrected chi connectivity index (χ3v) is 3.38. The van der Waals surface area contributed by atoms with Gasteiger partial charge in [0.05, 0.1) is 18.9 Å². The SMILES string of the molecule is CSc1nccnc1COC[C@@H]1CCCN1. The van der Waals surface area contributed by atoms with Gasteiger partial charge in [-0.3, -0.25) is 4.98 Å². The van der Waals surface area contributed by atoms with Gasteiger partial charge < -0.3 is 10.1 Å². The van der Waals surface area contributed by atoms with Crippen LogP contribution >= 0.6 is 11.8 Å². The van der Waals surface area contributed by atoms with E-state index in [-0.39, 0.29) is 0 Å². The molecule has 1 aromatic rings. The van der Waals surface area contributed by atoms with Gasteiger partial charge in [0.1, 0.15) is 5.03 Å². The fraction of sp³-hybridized carbons (Fsp3) is 0.636. The molecule has 4 nitrogen and oxygen atoms in total. The first kappa shape index (κ1) is 11.8. The van der Waals surface area contributed by atoms with Crippen LogP contribution < -0.4 is 5.32 Å². The maximum Gasteiger partial charge on any atom is 0.120 e. The van der Waals surface area contributed by atoms with Crippen molar-refractivity contribution in [2.24, 2.45) is 0 Å². The lowest BCUT2D eigenvalue weighted by atomic mass is 10.2. The van der Waals surface area contributed by atoms with Gasteiger partial charge in [-0.1, -0.05) is 0 Å². The molecule has 0 amide bonds. The molecule has 88 valence electrons. The average molecular weight is 239 g/mol. The standard InChI is InChI=1S/C11H17N3OS/c1-16-11-10(13-5-6-14-11)8-15-7-9-3-2-4-12-9/h5-6,9,12H,2-4,7-8H2,1H3/t9-/m0/s1. The molecule has 16 heavy (non-hydrogen) atoms. The smallest absolute Gasteiger partial charge is 0.120 e. The van der Waals surface area contributed by atoms with Crippen LogP contribution in [0.2, 0.25) is 0 Å². The summed E-state index contributed by atoms with van der Waals surface area (Å²) in [5, 5.41) is 4.37. The molecule has 0 unspecified atom stereocenters. The quantitative estimate of drug-likeness (QED) is 0.788. The van der Waals surface area contributed by atoms with Gasteiger partial charge in [-0.2, -0.15) is 0 Å². The largest absolute Gasteiger partial charge is 0.373 e. The second kappa shape index (κ2) is 6.18. The predicted octanol–water partition coefficient (Wildman–Crippen LogP) is 1.47. The van der Waals surface area contributed by atoms with Crippen molar-refractivity contribution in [2.45, 2.75) is 30.5 Å². The van der Waals surface area contributed by atoms with Crippen LogP contribution in [0, 0.1) is 0 Å². The van der Waals surface area contributed by atoms with Crippen LogP contribution in [-0.4, -0.2) is 35.4 Å². The van der Waals surface area contributed by atoms with Gasteiger partial charge in [-0.15, -0.1) is 11.8 Å². The lowest BCUT2D eigenvalue weighted by Crippen LogP contribution is -2.26. The zero-order valence-corrected chi connectivity index (χ0v) is 10.3. The topological polar surface area (TPSA) is 47.0 Å². The third-order valence-electron chi connectivity index (χ3n) is 2.65. The number of hydrogen-bond acceptors (Lipinski definition) is 5. The van der Waals surface area contributed by atoms with E-state index in [1.165, 1.54) is 12.8 Å². The molecule has 1 fully saturated rings. The fourth-order valence-corrected chi connectivity index (χ4v) is 2.33. The Labute approximate surface area is 100 Å². The molecule has 1 aliphatic heterocycles. The van der Waals surface area contributed by atoms with Gasteiger partial charge >= 0.3 is 0 Å². The van der Waals surface area contributed by atoms with Gasteiger partial charge in [0.25, 0.3) is 0 Å². The van der Waals surface area contributed by atoms with Crippen LogP contribution in [-0.2, 0) is 11.3 Å². The number of nitrogens with one attached hydrogen (secondary N) is 1. The van der Waals surface area contributed by atoms with Gasteiger partial charge in [0.15, 0.2) is 0 Å². The van der Waals surface area contributed by atoms with Gasteiger partial charge in [-0.25, -0.2) is 4.98 Å². The van der Waals surface area contributed by atoms with E-state index in [0.29, 0.717) is 12.6 Å². The van der Waals surface area contributed by atoms with Crippen molar-refractivity contribution in [1.82, 2.24) is 15.3 Å². The molecule has 2 heterocycles. The normalized spacial score (nSPS) is 20.2. The highest BCUT2D eigenvalue weighted by Gasteiger charge is 2.14. The first-order valence-electron chi connectivity index (χ1n) is 5.55. The van der Waals surface area contributed by atoms with Crippen LogP contribution in [0.4, 0.5) is 0 Å². The van der Waals surface area contributed by atoms with Crippen molar-refractivity contribution in [1.29, 1.82) is 0 Å². The van der Waals surface area contributed by atoms with Crippen LogP contribution in [0.3, 0.4) is 0 Å². The van der Waals surface area contributed by atoms with E-state index in [0.717, 1.165) is 23.9 Å². The Morgan fingerprint density at radius 1 is 1.50 bits per heavy atom. The van der Waals surface area contributed by atoms with Crippen LogP contribution in [0.5, 0.6) is 0 Å². The second-order valence-electron chi connectivity index (χ2n) is 3.82. The number of nitrogens with zero attached hydrogens (tertiary/aromatic N) is 2. The van der Waals surface area contributed by atoms with Crippen molar-refractivity contribution < 1.29 is 4.74 Å². The van der Waals surface area contributed by atoms with Gasteiger partial charge in [0, 0.05) is 18.4 Å². The molecular formula is C11H17N3OS. The summed E-state index contributed by atoms with van der Waals surface area (Å²) in [6, 6.07) is 0.523. The zero-order valence-electron chi connectivity index (χ0n) is 9.48. The maximum atomic E-state index is 5.67. The molecule has 1 aliphatic rings. The highest BCUT2D eigenvalue weighted by molar-refractivity contribution is 7.98. The average Bonchev–Trinajstić information content (AvgIpc) is 2.83. The molecule has 2 rings (SSSR count). The lowest BCUT2D eigenvalue weighted by Gasteiger charge is -2.11. The molecule has 0 aromatic carbocycles. The minimum Gasteiger partial charge on any atom is -0.373 e. The van der Waals surface area contributed by atoms with Crippen LogP contribution in [0.1, 0.15) is 18.5 Å². The number of aromatic nitrogens is 2. The van der Waals surface area contributed by atoms with Gasteiger partial charge in [-0.05, 0) is 25.6 Å². The van der Waals surface area contributed by atoms with Crippen molar-refractivity contribution in [3.8, 4) is 0 Å². The summed E-state index contributed by atoms with van der Waals surface area (Å²) >= 11 is 1.61. The molecule has 1 atom stereocenters. The lowest BCUT2D eigenvalue weighted by molar-refractivity contribution is 0.0990. The van der Waals surface area contributed by atoms with Crippen LogP contribution in [0.25, 0.3) is 0 Å². The molecule has 0 saturated carbocycles. The molecule has 0 radical (unpaired) electrons. The fourth-order valence-electron chi connectivity index (χ4n) is 1.82. The van der Waals surface area contributed by atoms with E-state index in [2.05, 4.69) is 15.3 Å². The Morgan fingerprint density at radius 2 is 2.38 bits per heavy atom.